The van der Waals surface area contributed by atoms with E-state index in [1.807, 2.05) is 62.4 Å². The van der Waals surface area contributed by atoms with Gasteiger partial charge in [-0.25, -0.2) is 4.99 Å². The first-order chi connectivity index (χ1) is 12.5. The summed E-state index contributed by atoms with van der Waals surface area (Å²) in [7, 11) is 0. The van der Waals surface area contributed by atoms with E-state index in [0.29, 0.717) is 5.84 Å². The Morgan fingerprint density at radius 3 is 2.12 bits per heavy atom. The van der Waals surface area contributed by atoms with Crippen LogP contribution >= 0.6 is 0 Å². The number of benzene rings is 3. The second kappa shape index (κ2) is 7.61. The molecule has 0 heterocycles. The molecule has 0 aliphatic carbocycles. The molecule has 0 unspecified atom stereocenters. The number of aliphatic imine (C=N–C) groups is 1. The molecule has 130 valence electrons. The number of rotatable bonds is 4. The number of nitro groups is 1. The molecule has 0 amide bonds. The quantitative estimate of drug-likeness (QED) is 0.298. The fraction of sp³-hybridized carbons (Fsp3) is 0.0952. The number of para-hydroxylation sites is 2. The summed E-state index contributed by atoms with van der Waals surface area (Å²) < 4.78 is 0. The number of anilines is 1. The summed E-state index contributed by atoms with van der Waals surface area (Å²) in [5, 5.41) is 14.3. The number of nitrogens with zero attached hydrogens (tertiary/aromatic N) is 2. The molecule has 0 bridgehead atoms. The third-order valence-corrected chi connectivity index (χ3v) is 4.10. The van der Waals surface area contributed by atoms with Crippen LogP contribution < -0.4 is 5.32 Å². The molecule has 0 aliphatic heterocycles. The fourth-order valence-electron chi connectivity index (χ4n) is 2.56. The third kappa shape index (κ3) is 3.95. The maximum Gasteiger partial charge on any atom is 0.269 e. The monoisotopic (exact) mass is 345 g/mol. The van der Waals surface area contributed by atoms with Crippen molar-refractivity contribution in [2.45, 2.75) is 13.8 Å². The molecule has 0 spiro atoms. The number of aryl methyl sites for hydroxylation is 2. The molecule has 0 saturated heterocycles. The Morgan fingerprint density at radius 2 is 1.50 bits per heavy atom. The molecule has 3 aromatic carbocycles. The van der Waals surface area contributed by atoms with Crippen LogP contribution in [0.25, 0.3) is 0 Å². The van der Waals surface area contributed by atoms with Crippen LogP contribution in [0.4, 0.5) is 17.1 Å². The molecule has 0 saturated carbocycles. The topological polar surface area (TPSA) is 67.5 Å². The standard InChI is InChI=1S/C21H19N3O2/c1-15-7-3-5-9-19(15)22-21(23-20-10-6-4-8-16(20)2)17-11-13-18(14-12-17)24(25)26/h3-14H,1-2H3,(H,22,23). The molecule has 5 nitrogen and oxygen atoms in total. The maximum atomic E-state index is 10.9. The van der Waals surface area contributed by atoms with Gasteiger partial charge in [-0.15, -0.1) is 0 Å². The van der Waals surface area contributed by atoms with Crippen molar-refractivity contribution in [1.29, 1.82) is 0 Å². The van der Waals surface area contributed by atoms with Crippen molar-refractivity contribution >= 4 is 22.9 Å². The zero-order valence-electron chi connectivity index (χ0n) is 14.6. The minimum absolute atomic E-state index is 0.0554. The lowest BCUT2D eigenvalue weighted by Gasteiger charge is -2.13. The van der Waals surface area contributed by atoms with Gasteiger partial charge in [-0.3, -0.25) is 10.1 Å². The van der Waals surface area contributed by atoms with Crippen LogP contribution in [0.1, 0.15) is 16.7 Å². The molecule has 0 atom stereocenters. The highest BCUT2D eigenvalue weighted by Crippen LogP contribution is 2.22. The Labute approximate surface area is 152 Å². The van der Waals surface area contributed by atoms with Gasteiger partial charge < -0.3 is 5.32 Å². The summed E-state index contributed by atoms with van der Waals surface area (Å²) in [5.41, 5.74) is 4.77. The van der Waals surface area contributed by atoms with Gasteiger partial charge in [0.15, 0.2) is 0 Å². The van der Waals surface area contributed by atoms with E-state index in [9.17, 15) is 10.1 Å². The van der Waals surface area contributed by atoms with Gasteiger partial charge >= 0.3 is 0 Å². The highest BCUT2D eigenvalue weighted by atomic mass is 16.6. The second-order valence-electron chi connectivity index (χ2n) is 5.99. The van der Waals surface area contributed by atoms with E-state index < -0.39 is 4.92 Å². The van der Waals surface area contributed by atoms with E-state index in [1.54, 1.807) is 12.1 Å². The molecule has 3 rings (SSSR count). The zero-order valence-corrected chi connectivity index (χ0v) is 14.6. The average molecular weight is 345 g/mol. The van der Waals surface area contributed by atoms with Crippen molar-refractivity contribution < 1.29 is 4.92 Å². The van der Waals surface area contributed by atoms with Crippen molar-refractivity contribution in [3.8, 4) is 0 Å². The zero-order chi connectivity index (χ0) is 18.5. The number of non-ortho nitro benzene ring substituents is 1. The predicted molar refractivity (Wildman–Crippen MR) is 105 cm³/mol. The van der Waals surface area contributed by atoms with E-state index in [2.05, 4.69) is 5.32 Å². The van der Waals surface area contributed by atoms with E-state index in [-0.39, 0.29) is 5.69 Å². The highest BCUT2D eigenvalue weighted by molar-refractivity contribution is 6.09. The van der Waals surface area contributed by atoms with Crippen molar-refractivity contribution in [2.24, 2.45) is 4.99 Å². The molecule has 26 heavy (non-hydrogen) atoms. The summed E-state index contributed by atoms with van der Waals surface area (Å²) in [6.45, 7) is 4.02. The first-order valence-electron chi connectivity index (χ1n) is 8.26. The lowest BCUT2D eigenvalue weighted by molar-refractivity contribution is -0.384. The molecule has 0 aliphatic rings. The van der Waals surface area contributed by atoms with Crippen molar-refractivity contribution in [3.63, 3.8) is 0 Å². The van der Waals surface area contributed by atoms with Gasteiger partial charge in [-0.2, -0.15) is 0 Å². The first kappa shape index (κ1) is 17.4. The van der Waals surface area contributed by atoms with Gasteiger partial charge in [0.1, 0.15) is 5.84 Å². The Balaban J connectivity index is 2.05. The Bertz CT molecular complexity index is 963. The van der Waals surface area contributed by atoms with E-state index >= 15 is 0 Å². The minimum Gasteiger partial charge on any atom is -0.339 e. The number of nitro benzene ring substituents is 1. The van der Waals surface area contributed by atoms with Gasteiger partial charge in [-0.05, 0) is 49.2 Å². The molecule has 0 radical (unpaired) electrons. The SMILES string of the molecule is Cc1ccccc1N=C(Nc1ccccc1C)c1ccc([N+](=O)[O-])cc1. The van der Waals surface area contributed by atoms with Crippen LogP contribution in [-0.2, 0) is 0 Å². The number of hydrogen-bond donors (Lipinski definition) is 1. The molecule has 0 aromatic heterocycles. The summed E-state index contributed by atoms with van der Waals surface area (Å²) in [5.74, 6) is 0.642. The van der Waals surface area contributed by atoms with Crippen molar-refractivity contribution in [2.75, 3.05) is 5.32 Å². The van der Waals surface area contributed by atoms with Gasteiger partial charge in [0, 0.05) is 23.4 Å². The summed E-state index contributed by atoms with van der Waals surface area (Å²) in [4.78, 5) is 15.3. The second-order valence-corrected chi connectivity index (χ2v) is 5.99. The van der Waals surface area contributed by atoms with Crippen molar-refractivity contribution in [3.05, 3.63) is 99.6 Å². The van der Waals surface area contributed by atoms with Crippen molar-refractivity contribution in [1.82, 2.24) is 0 Å². The van der Waals surface area contributed by atoms with Crippen LogP contribution in [-0.4, -0.2) is 10.8 Å². The normalized spacial score (nSPS) is 11.2. The summed E-state index contributed by atoms with van der Waals surface area (Å²) >= 11 is 0. The Kier molecular flexibility index (Phi) is 5.08. The molecule has 5 heteroatoms. The number of nitrogens with one attached hydrogen (secondary N) is 1. The van der Waals surface area contributed by atoms with Gasteiger partial charge in [0.05, 0.1) is 10.6 Å². The fourth-order valence-corrected chi connectivity index (χ4v) is 2.56. The molecular formula is C21H19N3O2. The van der Waals surface area contributed by atoms with Crippen LogP contribution in [0.5, 0.6) is 0 Å². The van der Waals surface area contributed by atoms with Gasteiger partial charge in [-0.1, -0.05) is 36.4 Å². The van der Waals surface area contributed by atoms with Crippen LogP contribution in [0, 0.1) is 24.0 Å². The predicted octanol–water partition coefficient (Wildman–Crippen LogP) is 5.40. The molecule has 1 N–H and O–H groups in total. The molecular weight excluding hydrogens is 326 g/mol. The van der Waals surface area contributed by atoms with Crippen LogP contribution in [0.3, 0.4) is 0 Å². The Hall–Kier alpha value is -3.47. The van der Waals surface area contributed by atoms with Crippen LogP contribution in [0.15, 0.2) is 77.8 Å². The number of hydrogen-bond acceptors (Lipinski definition) is 3. The van der Waals surface area contributed by atoms with Crippen LogP contribution in [0.2, 0.25) is 0 Å². The smallest absolute Gasteiger partial charge is 0.269 e. The Morgan fingerprint density at radius 1 is 0.885 bits per heavy atom. The third-order valence-electron chi connectivity index (χ3n) is 4.10. The maximum absolute atomic E-state index is 10.9. The van der Waals surface area contributed by atoms with Gasteiger partial charge in [0.2, 0.25) is 0 Å². The lowest BCUT2D eigenvalue weighted by atomic mass is 10.1. The summed E-state index contributed by atoms with van der Waals surface area (Å²) in [6.07, 6.45) is 0. The van der Waals surface area contributed by atoms with E-state index in [0.717, 1.165) is 28.1 Å². The lowest BCUT2D eigenvalue weighted by Crippen LogP contribution is -2.14. The molecule has 3 aromatic rings. The van der Waals surface area contributed by atoms with Gasteiger partial charge in [0.25, 0.3) is 5.69 Å². The molecule has 0 fully saturated rings. The highest BCUT2D eigenvalue weighted by Gasteiger charge is 2.10. The first-order valence-corrected chi connectivity index (χ1v) is 8.26. The van der Waals surface area contributed by atoms with E-state index in [4.69, 9.17) is 4.99 Å². The average Bonchev–Trinajstić information content (AvgIpc) is 2.64. The van der Waals surface area contributed by atoms with E-state index in [1.165, 1.54) is 12.1 Å². The largest absolute Gasteiger partial charge is 0.339 e. The minimum atomic E-state index is -0.406. The number of amidine groups is 1. The summed E-state index contributed by atoms with van der Waals surface area (Å²) in [6, 6.07) is 22.2.